The largest absolute Gasteiger partial charge is 0.493 e. The van der Waals surface area contributed by atoms with Crippen molar-refractivity contribution in [1.82, 2.24) is 9.88 Å². The molecule has 0 spiro atoms. The molecule has 1 N–H and O–H groups in total. The molecule has 1 fully saturated rings. The molecule has 5 nitrogen and oxygen atoms in total. The van der Waals surface area contributed by atoms with Crippen LogP contribution in [-0.2, 0) is 6.42 Å². The van der Waals surface area contributed by atoms with Crippen molar-refractivity contribution in [1.29, 1.82) is 0 Å². The second kappa shape index (κ2) is 8.17. The van der Waals surface area contributed by atoms with Gasteiger partial charge in [-0.3, -0.25) is 4.79 Å². The third-order valence-electron chi connectivity index (χ3n) is 5.25. The van der Waals surface area contributed by atoms with Gasteiger partial charge >= 0.3 is 0 Å². The number of pyridine rings is 1. The van der Waals surface area contributed by atoms with Gasteiger partial charge in [0, 0.05) is 31.7 Å². The molecule has 4 rings (SSSR count). The van der Waals surface area contributed by atoms with E-state index in [2.05, 4.69) is 16.4 Å². The van der Waals surface area contributed by atoms with Crippen molar-refractivity contribution in [2.24, 2.45) is 5.92 Å². The maximum atomic E-state index is 12.6. The van der Waals surface area contributed by atoms with E-state index >= 15 is 0 Å². The lowest BCUT2D eigenvalue weighted by atomic mass is 9.97. The Labute approximate surface area is 164 Å². The quantitative estimate of drug-likeness (QED) is 0.863. The fraction of sp³-hybridized carbons (Fsp3) is 0.429. The van der Waals surface area contributed by atoms with Crippen molar-refractivity contribution in [3.05, 3.63) is 52.7 Å². The first kappa shape index (κ1) is 18.1. The lowest BCUT2D eigenvalue weighted by molar-refractivity contribution is 0.0724. The highest BCUT2D eigenvalue weighted by atomic mass is 35.5. The van der Waals surface area contributed by atoms with Gasteiger partial charge in [0.2, 0.25) is 0 Å². The van der Waals surface area contributed by atoms with Gasteiger partial charge < -0.3 is 15.0 Å². The van der Waals surface area contributed by atoms with E-state index in [-0.39, 0.29) is 5.91 Å². The number of carbonyl (C=O) groups is 1. The molecule has 3 heterocycles. The van der Waals surface area contributed by atoms with Crippen molar-refractivity contribution in [3.8, 4) is 5.75 Å². The zero-order valence-electron chi connectivity index (χ0n) is 15.3. The molecule has 1 atom stereocenters. The molecule has 0 saturated carbocycles. The van der Waals surface area contributed by atoms with E-state index in [0.717, 1.165) is 44.6 Å². The SMILES string of the molecule is O=C(c1cnc(NCC2COc3ccccc3C2)c(Cl)c1)N1CCCCC1. The van der Waals surface area contributed by atoms with Gasteiger partial charge in [-0.25, -0.2) is 4.98 Å². The van der Waals surface area contributed by atoms with Gasteiger partial charge in [-0.15, -0.1) is 0 Å². The molecule has 1 aromatic carbocycles. The number of likely N-dealkylation sites (tertiary alicyclic amines) is 1. The molecule has 1 aromatic heterocycles. The second-order valence-corrected chi connectivity index (χ2v) is 7.68. The molecule has 0 bridgehead atoms. The van der Waals surface area contributed by atoms with Crippen molar-refractivity contribution < 1.29 is 9.53 Å². The zero-order chi connectivity index (χ0) is 18.6. The van der Waals surface area contributed by atoms with Crippen LogP contribution in [-0.4, -0.2) is 42.0 Å². The Morgan fingerprint density at radius 3 is 2.89 bits per heavy atom. The van der Waals surface area contributed by atoms with Crippen LogP contribution < -0.4 is 10.1 Å². The number of benzene rings is 1. The topological polar surface area (TPSA) is 54.5 Å². The summed E-state index contributed by atoms with van der Waals surface area (Å²) in [6.07, 6.45) is 5.92. The molecule has 2 aromatic rings. The van der Waals surface area contributed by atoms with Crippen molar-refractivity contribution in [2.75, 3.05) is 31.6 Å². The molecule has 142 valence electrons. The number of anilines is 1. The maximum Gasteiger partial charge on any atom is 0.255 e. The summed E-state index contributed by atoms with van der Waals surface area (Å²) in [5.74, 6) is 1.97. The van der Waals surface area contributed by atoms with E-state index in [1.165, 1.54) is 12.0 Å². The predicted octanol–water partition coefficient (Wildman–Crippen LogP) is 4.02. The summed E-state index contributed by atoms with van der Waals surface area (Å²) in [6, 6.07) is 9.87. The molecule has 2 aliphatic heterocycles. The molecular formula is C21H24ClN3O2. The Hall–Kier alpha value is -2.27. The molecule has 1 saturated heterocycles. The Morgan fingerprint density at radius 1 is 1.26 bits per heavy atom. The molecular weight excluding hydrogens is 362 g/mol. The molecule has 0 aliphatic carbocycles. The summed E-state index contributed by atoms with van der Waals surface area (Å²) in [6.45, 7) is 3.03. The summed E-state index contributed by atoms with van der Waals surface area (Å²) in [4.78, 5) is 18.9. The average Bonchev–Trinajstić information content (AvgIpc) is 2.73. The lowest BCUT2D eigenvalue weighted by Gasteiger charge is -2.27. The number of nitrogens with one attached hydrogen (secondary N) is 1. The van der Waals surface area contributed by atoms with Gasteiger partial charge in [0.1, 0.15) is 11.6 Å². The minimum Gasteiger partial charge on any atom is -0.493 e. The number of hydrogen-bond donors (Lipinski definition) is 1. The number of fused-ring (bicyclic) bond motifs is 1. The lowest BCUT2D eigenvalue weighted by Crippen LogP contribution is -2.35. The fourth-order valence-corrected chi connectivity index (χ4v) is 3.96. The number of hydrogen-bond acceptors (Lipinski definition) is 4. The van der Waals surface area contributed by atoms with E-state index in [1.54, 1.807) is 12.3 Å². The van der Waals surface area contributed by atoms with Crippen molar-refractivity contribution >= 4 is 23.3 Å². The summed E-state index contributed by atoms with van der Waals surface area (Å²) in [5.41, 5.74) is 1.79. The third-order valence-corrected chi connectivity index (χ3v) is 5.53. The predicted molar refractivity (Wildman–Crippen MR) is 107 cm³/mol. The van der Waals surface area contributed by atoms with Crippen LogP contribution >= 0.6 is 11.6 Å². The van der Waals surface area contributed by atoms with E-state index in [1.807, 2.05) is 23.1 Å². The summed E-state index contributed by atoms with van der Waals surface area (Å²) in [7, 11) is 0. The third kappa shape index (κ3) is 4.19. The molecule has 1 amide bonds. The number of amides is 1. The first-order chi connectivity index (χ1) is 13.2. The minimum atomic E-state index is 0.0212. The van der Waals surface area contributed by atoms with Crippen LogP contribution in [0.25, 0.3) is 0 Å². The van der Waals surface area contributed by atoms with Crippen LogP contribution in [0, 0.1) is 5.92 Å². The number of carbonyl (C=O) groups excluding carboxylic acids is 1. The standard InChI is InChI=1S/C21H24ClN3O2/c22-18-11-17(21(26)25-8-4-1-5-9-25)13-24-20(18)23-12-15-10-16-6-2-3-7-19(16)27-14-15/h2-3,6-7,11,13,15H,1,4-5,8-10,12,14H2,(H,23,24). The van der Waals surface area contributed by atoms with Crippen molar-refractivity contribution in [2.45, 2.75) is 25.7 Å². The molecule has 27 heavy (non-hydrogen) atoms. The number of nitrogens with zero attached hydrogens (tertiary/aromatic N) is 2. The smallest absolute Gasteiger partial charge is 0.255 e. The number of ether oxygens (including phenoxy) is 1. The molecule has 1 unspecified atom stereocenters. The highest BCUT2D eigenvalue weighted by Gasteiger charge is 2.21. The van der Waals surface area contributed by atoms with Crippen LogP contribution in [0.2, 0.25) is 5.02 Å². The Morgan fingerprint density at radius 2 is 2.07 bits per heavy atom. The van der Waals surface area contributed by atoms with Crippen LogP contribution in [0.5, 0.6) is 5.75 Å². The first-order valence-electron chi connectivity index (χ1n) is 9.60. The Balaban J connectivity index is 1.36. The maximum absolute atomic E-state index is 12.6. The van der Waals surface area contributed by atoms with Crippen LogP contribution in [0.15, 0.2) is 36.5 Å². The van der Waals surface area contributed by atoms with E-state index in [9.17, 15) is 4.79 Å². The summed E-state index contributed by atoms with van der Waals surface area (Å²) < 4.78 is 5.83. The van der Waals surface area contributed by atoms with Crippen LogP contribution in [0.4, 0.5) is 5.82 Å². The average molecular weight is 386 g/mol. The minimum absolute atomic E-state index is 0.0212. The van der Waals surface area contributed by atoms with Gasteiger partial charge in [0.25, 0.3) is 5.91 Å². The van der Waals surface area contributed by atoms with E-state index in [4.69, 9.17) is 16.3 Å². The van der Waals surface area contributed by atoms with Gasteiger partial charge in [-0.1, -0.05) is 29.8 Å². The Kier molecular flexibility index (Phi) is 5.48. The highest BCUT2D eigenvalue weighted by Crippen LogP contribution is 2.28. The summed E-state index contributed by atoms with van der Waals surface area (Å²) in [5, 5.41) is 3.79. The molecule has 2 aliphatic rings. The highest BCUT2D eigenvalue weighted by molar-refractivity contribution is 6.33. The second-order valence-electron chi connectivity index (χ2n) is 7.28. The monoisotopic (exact) mass is 385 g/mol. The molecule has 0 radical (unpaired) electrons. The van der Waals surface area contributed by atoms with Gasteiger partial charge in [-0.05, 0) is 43.4 Å². The number of para-hydroxylation sites is 1. The first-order valence-corrected chi connectivity index (χ1v) is 9.98. The number of aromatic nitrogens is 1. The fourth-order valence-electron chi connectivity index (χ4n) is 3.73. The van der Waals surface area contributed by atoms with Gasteiger partial charge in [0.05, 0.1) is 17.2 Å². The Bertz CT molecular complexity index is 821. The van der Waals surface area contributed by atoms with Crippen LogP contribution in [0.1, 0.15) is 35.2 Å². The van der Waals surface area contributed by atoms with Gasteiger partial charge in [0.15, 0.2) is 0 Å². The van der Waals surface area contributed by atoms with E-state index in [0.29, 0.717) is 28.9 Å². The van der Waals surface area contributed by atoms with Crippen LogP contribution in [0.3, 0.4) is 0 Å². The normalized spacial score (nSPS) is 19.1. The van der Waals surface area contributed by atoms with Gasteiger partial charge in [-0.2, -0.15) is 0 Å². The number of rotatable bonds is 4. The van der Waals surface area contributed by atoms with E-state index < -0.39 is 0 Å². The number of piperidine rings is 1. The van der Waals surface area contributed by atoms with Crippen molar-refractivity contribution in [3.63, 3.8) is 0 Å². The number of halogens is 1. The summed E-state index contributed by atoms with van der Waals surface area (Å²) >= 11 is 6.38. The molecule has 6 heteroatoms. The zero-order valence-corrected chi connectivity index (χ0v) is 16.0.